The fourth-order valence-corrected chi connectivity index (χ4v) is 3.52. The van der Waals surface area contributed by atoms with Gasteiger partial charge in [0.15, 0.2) is 5.96 Å². The summed E-state index contributed by atoms with van der Waals surface area (Å²) in [6.07, 6.45) is 1.55. The van der Waals surface area contributed by atoms with Crippen LogP contribution in [-0.4, -0.2) is 56.3 Å². The number of benzene rings is 1. The number of piperidine rings is 1. The van der Waals surface area contributed by atoms with E-state index in [0.29, 0.717) is 25.7 Å². The van der Waals surface area contributed by atoms with Crippen LogP contribution in [0, 0.1) is 0 Å². The van der Waals surface area contributed by atoms with Crippen LogP contribution in [0.3, 0.4) is 0 Å². The highest BCUT2D eigenvalue weighted by molar-refractivity contribution is 14.0. The molecule has 2 N–H and O–H groups in total. The number of ether oxygens (including phenoxy) is 1. The molecule has 1 aliphatic rings. The number of amides is 1. The first-order valence-corrected chi connectivity index (χ1v) is 10.3. The quantitative estimate of drug-likeness (QED) is 0.319. The summed E-state index contributed by atoms with van der Waals surface area (Å²) >= 11 is 3.55. The van der Waals surface area contributed by atoms with Crippen molar-refractivity contribution in [3.8, 4) is 0 Å². The number of carbonyl (C=O) groups excluding carboxylic acids is 1. The molecule has 0 saturated carbocycles. The van der Waals surface area contributed by atoms with Crippen molar-refractivity contribution in [3.63, 3.8) is 0 Å². The van der Waals surface area contributed by atoms with Gasteiger partial charge in [-0.15, -0.1) is 24.0 Å². The van der Waals surface area contributed by atoms with Crippen LogP contribution < -0.4 is 10.6 Å². The Morgan fingerprint density at radius 3 is 2.61 bits per heavy atom. The number of carbonyl (C=O) groups is 1. The molecule has 0 spiro atoms. The number of hydrogen-bond acceptors (Lipinski definition) is 3. The highest BCUT2D eigenvalue weighted by atomic mass is 127. The molecule has 6 nitrogen and oxygen atoms in total. The van der Waals surface area contributed by atoms with Gasteiger partial charge in [-0.25, -0.2) is 4.79 Å². The monoisotopic (exact) mass is 566 g/mol. The minimum atomic E-state index is -0.214. The van der Waals surface area contributed by atoms with E-state index in [0.717, 1.165) is 29.8 Å². The first-order valence-electron chi connectivity index (χ1n) is 9.50. The van der Waals surface area contributed by atoms with Crippen LogP contribution in [0.15, 0.2) is 33.7 Å². The van der Waals surface area contributed by atoms with Crippen molar-refractivity contribution in [2.24, 2.45) is 4.99 Å². The van der Waals surface area contributed by atoms with Gasteiger partial charge in [-0.1, -0.05) is 41.9 Å². The van der Waals surface area contributed by atoms with Crippen LogP contribution in [0.2, 0.25) is 0 Å². The van der Waals surface area contributed by atoms with Gasteiger partial charge in [0.1, 0.15) is 0 Å². The summed E-state index contributed by atoms with van der Waals surface area (Å²) < 4.78 is 6.16. The Morgan fingerprint density at radius 1 is 1.36 bits per heavy atom. The molecule has 2 rings (SSSR count). The molecule has 1 aromatic carbocycles. The van der Waals surface area contributed by atoms with Crippen LogP contribution >= 0.6 is 39.9 Å². The topological polar surface area (TPSA) is 66.0 Å². The molecule has 1 amide bonds. The smallest absolute Gasteiger partial charge is 0.409 e. The third kappa shape index (κ3) is 7.42. The zero-order chi connectivity index (χ0) is 19.9. The van der Waals surface area contributed by atoms with Crippen LogP contribution in [0.25, 0.3) is 0 Å². The van der Waals surface area contributed by atoms with Gasteiger partial charge in [0, 0.05) is 42.6 Å². The predicted octanol–water partition coefficient (Wildman–Crippen LogP) is 4.13. The van der Waals surface area contributed by atoms with Crippen molar-refractivity contribution >= 4 is 52.0 Å². The normalized spacial score (nSPS) is 15.6. The zero-order valence-corrected chi connectivity index (χ0v) is 21.0. The standard InChI is InChI=1S/C20H31BrN4O2.HI/c1-5-27-19(26)25-11-9-17(10-12-25)24-18(22-4)23-14-20(2,3)15-7-6-8-16(21)13-15;/h6-8,13,17H,5,9-12,14H2,1-4H3,(H2,22,23,24);1H. The fourth-order valence-electron chi connectivity index (χ4n) is 3.13. The van der Waals surface area contributed by atoms with Crippen LogP contribution in [0.5, 0.6) is 0 Å². The van der Waals surface area contributed by atoms with E-state index in [9.17, 15) is 4.79 Å². The lowest BCUT2D eigenvalue weighted by Gasteiger charge is -2.33. The molecule has 0 bridgehead atoms. The molecule has 0 aromatic heterocycles. The van der Waals surface area contributed by atoms with Gasteiger partial charge in [0.2, 0.25) is 0 Å². The summed E-state index contributed by atoms with van der Waals surface area (Å²) in [5, 5.41) is 6.93. The Balaban J connectivity index is 0.00000392. The average Bonchev–Trinajstić information content (AvgIpc) is 2.66. The molecular weight excluding hydrogens is 535 g/mol. The average molecular weight is 567 g/mol. The molecule has 28 heavy (non-hydrogen) atoms. The molecule has 0 aliphatic carbocycles. The Hall–Kier alpha value is -1.03. The van der Waals surface area contributed by atoms with Crippen LogP contribution in [0.1, 0.15) is 39.2 Å². The Labute approximate surface area is 194 Å². The van der Waals surface area contributed by atoms with E-state index in [-0.39, 0.29) is 35.5 Å². The van der Waals surface area contributed by atoms with Gasteiger partial charge in [-0.2, -0.15) is 0 Å². The molecule has 1 heterocycles. The van der Waals surface area contributed by atoms with Gasteiger partial charge in [0.25, 0.3) is 0 Å². The van der Waals surface area contributed by atoms with Crippen molar-refractivity contribution < 1.29 is 9.53 Å². The minimum absolute atomic E-state index is 0. The van der Waals surface area contributed by atoms with Gasteiger partial charge in [-0.05, 0) is 37.5 Å². The summed E-state index contributed by atoms with van der Waals surface area (Å²) in [4.78, 5) is 17.9. The summed E-state index contributed by atoms with van der Waals surface area (Å²) in [5.74, 6) is 0.799. The third-order valence-electron chi connectivity index (χ3n) is 4.89. The lowest BCUT2D eigenvalue weighted by molar-refractivity contribution is 0.0963. The first kappa shape index (κ1) is 25.0. The predicted molar refractivity (Wildman–Crippen MR) is 129 cm³/mol. The molecule has 8 heteroatoms. The second-order valence-corrected chi connectivity index (χ2v) is 8.34. The van der Waals surface area contributed by atoms with Crippen molar-refractivity contribution in [1.29, 1.82) is 0 Å². The van der Waals surface area contributed by atoms with Crippen molar-refractivity contribution in [3.05, 3.63) is 34.3 Å². The fraction of sp³-hybridized carbons (Fsp3) is 0.600. The third-order valence-corrected chi connectivity index (χ3v) is 5.38. The van der Waals surface area contributed by atoms with Gasteiger partial charge < -0.3 is 20.3 Å². The largest absolute Gasteiger partial charge is 0.450 e. The van der Waals surface area contributed by atoms with Crippen molar-refractivity contribution in [1.82, 2.24) is 15.5 Å². The molecule has 0 radical (unpaired) electrons. The lowest BCUT2D eigenvalue weighted by atomic mass is 9.85. The van der Waals surface area contributed by atoms with Crippen LogP contribution in [0.4, 0.5) is 4.79 Å². The van der Waals surface area contributed by atoms with E-state index in [2.05, 4.69) is 63.6 Å². The number of aliphatic imine (C=N–C) groups is 1. The first-order chi connectivity index (χ1) is 12.9. The molecular formula is C20H32BrIN4O2. The number of halogens is 2. The molecule has 1 saturated heterocycles. The Kier molecular flexibility index (Phi) is 10.6. The van der Waals surface area contributed by atoms with Crippen LogP contribution in [-0.2, 0) is 10.2 Å². The summed E-state index contributed by atoms with van der Waals surface area (Å²) in [7, 11) is 1.79. The number of hydrogen-bond donors (Lipinski definition) is 2. The number of likely N-dealkylation sites (tertiary alicyclic amines) is 1. The van der Waals surface area contributed by atoms with Crippen molar-refractivity contribution in [2.45, 2.75) is 45.1 Å². The highest BCUT2D eigenvalue weighted by Gasteiger charge is 2.25. The Morgan fingerprint density at radius 2 is 2.04 bits per heavy atom. The number of rotatable bonds is 5. The van der Waals surface area contributed by atoms with E-state index in [4.69, 9.17) is 4.74 Å². The summed E-state index contributed by atoms with van der Waals surface area (Å²) in [5.41, 5.74) is 1.23. The van der Waals surface area contributed by atoms with Gasteiger partial charge in [-0.3, -0.25) is 4.99 Å². The SMILES string of the molecule is CCOC(=O)N1CCC(NC(=NC)NCC(C)(C)c2cccc(Br)c2)CC1.I. The number of nitrogens with one attached hydrogen (secondary N) is 2. The minimum Gasteiger partial charge on any atom is -0.450 e. The second-order valence-electron chi connectivity index (χ2n) is 7.42. The summed E-state index contributed by atoms with van der Waals surface area (Å²) in [6, 6.07) is 8.70. The number of nitrogens with zero attached hydrogens (tertiary/aromatic N) is 2. The maximum atomic E-state index is 11.8. The van der Waals surface area contributed by atoms with E-state index < -0.39 is 0 Å². The van der Waals surface area contributed by atoms with E-state index in [1.54, 1.807) is 11.9 Å². The molecule has 1 aliphatic heterocycles. The molecule has 0 unspecified atom stereocenters. The Bertz CT molecular complexity index is 661. The van der Waals surface area contributed by atoms with Crippen molar-refractivity contribution in [2.75, 3.05) is 33.3 Å². The zero-order valence-electron chi connectivity index (χ0n) is 17.1. The summed E-state index contributed by atoms with van der Waals surface area (Å²) in [6.45, 7) is 8.86. The molecule has 0 atom stereocenters. The van der Waals surface area contributed by atoms with Gasteiger partial charge >= 0.3 is 6.09 Å². The number of guanidine groups is 1. The van der Waals surface area contributed by atoms with E-state index in [1.807, 2.05) is 13.0 Å². The van der Waals surface area contributed by atoms with E-state index >= 15 is 0 Å². The lowest BCUT2D eigenvalue weighted by Crippen LogP contribution is -2.51. The van der Waals surface area contributed by atoms with Gasteiger partial charge in [0.05, 0.1) is 6.61 Å². The second kappa shape index (κ2) is 11.8. The molecule has 158 valence electrons. The maximum absolute atomic E-state index is 11.8. The maximum Gasteiger partial charge on any atom is 0.409 e. The molecule has 1 aromatic rings. The molecule has 1 fully saturated rings. The van der Waals surface area contributed by atoms with E-state index in [1.165, 1.54) is 5.56 Å². The highest BCUT2D eigenvalue weighted by Crippen LogP contribution is 2.25.